The van der Waals surface area contributed by atoms with Gasteiger partial charge in [-0.05, 0) is 30.5 Å². The minimum absolute atomic E-state index is 0.0939. The summed E-state index contributed by atoms with van der Waals surface area (Å²) in [7, 11) is 0. The predicted molar refractivity (Wildman–Crippen MR) is 87.4 cm³/mol. The molecule has 0 aliphatic heterocycles. The van der Waals surface area contributed by atoms with Gasteiger partial charge in [0.15, 0.2) is 0 Å². The van der Waals surface area contributed by atoms with Gasteiger partial charge >= 0.3 is 0 Å². The predicted octanol–water partition coefficient (Wildman–Crippen LogP) is 2.45. The number of aliphatic hydroxyl groups is 1. The highest BCUT2D eigenvalue weighted by Crippen LogP contribution is 2.19. The van der Waals surface area contributed by atoms with Crippen LogP contribution in [0, 0.1) is 0 Å². The summed E-state index contributed by atoms with van der Waals surface area (Å²) in [5.41, 5.74) is 0.894. The summed E-state index contributed by atoms with van der Waals surface area (Å²) in [6, 6.07) is 10.4. The van der Waals surface area contributed by atoms with E-state index in [4.69, 9.17) is 5.11 Å². The summed E-state index contributed by atoms with van der Waals surface area (Å²) in [4.78, 5) is 26.8. The molecule has 1 aromatic carbocycles. The molecule has 0 spiro atoms. The highest BCUT2D eigenvalue weighted by Gasteiger charge is 2.18. The van der Waals surface area contributed by atoms with Gasteiger partial charge in [-0.3, -0.25) is 9.59 Å². The zero-order chi connectivity index (χ0) is 15.9. The zero-order valence-electron chi connectivity index (χ0n) is 12.3. The molecule has 2 amide bonds. The van der Waals surface area contributed by atoms with E-state index in [-0.39, 0.29) is 25.0 Å². The largest absolute Gasteiger partial charge is 0.395 e. The van der Waals surface area contributed by atoms with E-state index in [1.807, 2.05) is 12.3 Å². The highest BCUT2D eigenvalue weighted by atomic mass is 32.1. The van der Waals surface area contributed by atoms with Gasteiger partial charge in [0.05, 0.1) is 22.7 Å². The molecule has 0 atom stereocenters. The number of nitrogens with one attached hydrogen (secondary N) is 1. The molecule has 0 saturated heterocycles. The van der Waals surface area contributed by atoms with Gasteiger partial charge in [-0.2, -0.15) is 0 Å². The fraction of sp³-hybridized carbons (Fsp3) is 0.250. The van der Waals surface area contributed by atoms with Gasteiger partial charge in [0, 0.05) is 13.1 Å². The lowest BCUT2D eigenvalue weighted by Crippen LogP contribution is -2.34. The van der Waals surface area contributed by atoms with Crippen LogP contribution in [0.25, 0.3) is 0 Å². The number of hydrogen-bond donors (Lipinski definition) is 2. The van der Waals surface area contributed by atoms with E-state index < -0.39 is 0 Å². The Balaban J connectivity index is 2.23. The first-order chi connectivity index (χ1) is 10.7. The van der Waals surface area contributed by atoms with Crippen LogP contribution >= 0.6 is 11.3 Å². The van der Waals surface area contributed by atoms with Crippen molar-refractivity contribution in [3.63, 3.8) is 0 Å². The number of para-hydroxylation sites is 1. The number of rotatable bonds is 6. The van der Waals surface area contributed by atoms with Crippen LogP contribution in [0.15, 0.2) is 41.8 Å². The van der Waals surface area contributed by atoms with Crippen molar-refractivity contribution in [1.29, 1.82) is 0 Å². The van der Waals surface area contributed by atoms with Crippen LogP contribution < -0.4 is 5.32 Å². The van der Waals surface area contributed by atoms with E-state index in [1.165, 1.54) is 16.2 Å². The van der Waals surface area contributed by atoms with Gasteiger partial charge in [-0.25, -0.2) is 0 Å². The molecule has 5 nitrogen and oxygen atoms in total. The summed E-state index contributed by atoms with van der Waals surface area (Å²) in [6.45, 7) is 2.51. The van der Waals surface area contributed by atoms with E-state index in [0.29, 0.717) is 22.7 Å². The van der Waals surface area contributed by atoms with Crippen LogP contribution in [0.3, 0.4) is 0 Å². The van der Waals surface area contributed by atoms with E-state index in [2.05, 4.69) is 5.32 Å². The number of carbonyl (C=O) groups is 2. The molecule has 0 saturated carbocycles. The Morgan fingerprint density at radius 1 is 1.23 bits per heavy atom. The summed E-state index contributed by atoms with van der Waals surface area (Å²) in [5, 5.41) is 13.6. The first kappa shape index (κ1) is 16.2. The number of nitrogens with zero attached hydrogens (tertiary/aromatic N) is 1. The topological polar surface area (TPSA) is 69.6 Å². The third-order valence-corrected chi connectivity index (χ3v) is 4.06. The second-order valence-corrected chi connectivity index (χ2v) is 5.53. The zero-order valence-corrected chi connectivity index (χ0v) is 13.1. The quantitative estimate of drug-likeness (QED) is 0.859. The molecule has 1 heterocycles. The molecule has 116 valence electrons. The molecule has 0 aliphatic rings. The monoisotopic (exact) mass is 318 g/mol. The number of hydrogen-bond acceptors (Lipinski definition) is 4. The molecule has 0 radical (unpaired) electrons. The smallest absolute Gasteiger partial charge is 0.265 e. The molecule has 22 heavy (non-hydrogen) atoms. The summed E-state index contributed by atoms with van der Waals surface area (Å²) in [6.07, 6.45) is 0. The SMILES string of the molecule is CCN(CCO)C(=O)c1ccccc1NC(=O)c1cccs1. The lowest BCUT2D eigenvalue weighted by Gasteiger charge is -2.21. The number of aliphatic hydroxyl groups excluding tert-OH is 1. The fourth-order valence-electron chi connectivity index (χ4n) is 2.06. The Bertz CT molecular complexity index is 641. The summed E-state index contributed by atoms with van der Waals surface area (Å²) >= 11 is 1.34. The average molecular weight is 318 g/mol. The lowest BCUT2D eigenvalue weighted by atomic mass is 10.1. The number of thiophene rings is 1. The van der Waals surface area contributed by atoms with Gasteiger partial charge < -0.3 is 15.3 Å². The van der Waals surface area contributed by atoms with Gasteiger partial charge in [0.25, 0.3) is 11.8 Å². The minimum Gasteiger partial charge on any atom is -0.395 e. The normalized spacial score (nSPS) is 10.3. The van der Waals surface area contributed by atoms with Gasteiger partial charge in [0.1, 0.15) is 0 Å². The lowest BCUT2D eigenvalue weighted by molar-refractivity contribution is 0.0733. The Hall–Kier alpha value is -2.18. The molecule has 1 aromatic heterocycles. The number of likely N-dealkylation sites (N-methyl/N-ethyl adjacent to an activating group) is 1. The van der Waals surface area contributed by atoms with Crippen molar-refractivity contribution in [3.8, 4) is 0 Å². The van der Waals surface area contributed by atoms with Crippen LogP contribution in [0.5, 0.6) is 0 Å². The molecule has 6 heteroatoms. The van der Waals surface area contributed by atoms with Crippen molar-refractivity contribution >= 4 is 28.8 Å². The molecule has 2 rings (SSSR count). The first-order valence-electron chi connectivity index (χ1n) is 7.01. The van der Waals surface area contributed by atoms with Crippen LogP contribution in [0.4, 0.5) is 5.69 Å². The molecule has 0 aliphatic carbocycles. The van der Waals surface area contributed by atoms with Gasteiger partial charge in [0.2, 0.25) is 0 Å². The van der Waals surface area contributed by atoms with Gasteiger partial charge in [-0.1, -0.05) is 18.2 Å². The molecule has 0 unspecified atom stereocenters. The van der Waals surface area contributed by atoms with E-state index >= 15 is 0 Å². The van der Waals surface area contributed by atoms with Crippen LogP contribution in [0.2, 0.25) is 0 Å². The Labute approximate surface area is 133 Å². The second kappa shape index (κ2) is 7.72. The van der Waals surface area contributed by atoms with Crippen molar-refractivity contribution in [3.05, 3.63) is 52.2 Å². The van der Waals surface area contributed by atoms with E-state index in [9.17, 15) is 9.59 Å². The number of amides is 2. The third-order valence-electron chi connectivity index (χ3n) is 3.19. The number of benzene rings is 1. The standard InChI is InChI=1S/C16H18N2O3S/c1-2-18(9-10-19)16(21)12-6-3-4-7-13(12)17-15(20)14-8-5-11-22-14/h3-8,11,19H,2,9-10H2,1H3,(H,17,20). The van der Waals surface area contributed by atoms with E-state index in [0.717, 1.165) is 0 Å². The fourth-order valence-corrected chi connectivity index (χ4v) is 2.68. The highest BCUT2D eigenvalue weighted by molar-refractivity contribution is 7.12. The van der Waals surface area contributed by atoms with Crippen molar-refractivity contribution in [2.45, 2.75) is 6.92 Å². The molecular weight excluding hydrogens is 300 g/mol. The van der Waals surface area contributed by atoms with Crippen molar-refractivity contribution in [2.24, 2.45) is 0 Å². The first-order valence-corrected chi connectivity index (χ1v) is 7.89. The second-order valence-electron chi connectivity index (χ2n) is 4.59. The van der Waals surface area contributed by atoms with Gasteiger partial charge in [-0.15, -0.1) is 11.3 Å². The Kier molecular flexibility index (Phi) is 5.68. The maximum atomic E-state index is 12.5. The Morgan fingerprint density at radius 2 is 2.00 bits per heavy atom. The minimum atomic E-state index is -0.236. The molecular formula is C16H18N2O3S. The molecule has 2 N–H and O–H groups in total. The van der Waals surface area contributed by atoms with Crippen molar-refractivity contribution < 1.29 is 14.7 Å². The summed E-state index contributed by atoms with van der Waals surface area (Å²) < 4.78 is 0. The van der Waals surface area contributed by atoms with Crippen LogP contribution in [0.1, 0.15) is 27.0 Å². The maximum absolute atomic E-state index is 12.5. The van der Waals surface area contributed by atoms with Crippen LogP contribution in [-0.2, 0) is 0 Å². The van der Waals surface area contributed by atoms with E-state index in [1.54, 1.807) is 36.4 Å². The molecule has 0 fully saturated rings. The number of carbonyl (C=O) groups excluding carboxylic acids is 2. The molecule has 2 aromatic rings. The Morgan fingerprint density at radius 3 is 2.64 bits per heavy atom. The van der Waals surface area contributed by atoms with Crippen molar-refractivity contribution in [1.82, 2.24) is 4.90 Å². The maximum Gasteiger partial charge on any atom is 0.265 e. The van der Waals surface area contributed by atoms with Crippen molar-refractivity contribution in [2.75, 3.05) is 25.0 Å². The average Bonchev–Trinajstić information content (AvgIpc) is 3.07. The summed E-state index contributed by atoms with van der Waals surface area (Å²) in [5.74, 6) is -0.445. The third kappa shape index (κ3) is 3.72. The molecule has 0 bridgehead atoms. The van der Waals surface area contributed by atoms with Crippen LogP contribution in [-0.4, -0.2) is 41.5 Å². The number of anilines is 1.